The molecule has 6 heteroatoms. The Morgan fingerprint density at radius 3 is 2.80 bits per heavy atom. The monoisotopic (exact) mass is 408 g/mol. The Morgan fingerprint density at radius 2 is 2.00 bits per heavy atom. The van der Waals surface area contributed by atoms with Crippen LogP contribution in [0.2, 0.25) is 0 Å². The van der Waals surface area contributed by atoms with Crippen LogP contribution in [0.25, 0.3) is 0 Å². The van der Waals surface area contributed by atoms with Gasteiger partial charge in [-0.2, -0.15) is 0 Å². The van der Waals surface area contributed by atoms with Gasteiger partial charge >= 0.3 is 6.03 Å². The number of hydrogen-bond acceptors (Lipinski definition) is 3. The van der Waals surface area contributed by atoms with Crippen molar-refractivity contribution < 1.29 is 4.79 Å². The van der Waals surface area contributed by atoms with E-state index in [2.05, 4.69) is 54.6 Å². The van der Waals surface area contributed by atoms with Crippen molar-refractivity contribution in [2.75, 3.05) is 50.7 Å². The molecular formula is C19H29BrN4O. The number of halogens is 1. The van der Waals surface area contributed by atoms with E-state index < -0.39 is 0 Å². The van der Waals surface area contributed by atoms with Crippen LogP contribution in [-0.4, -0.2) is 56.7 Å². The minimum atomic E-state index is -0.0297. The third-order valence-electron chi connectivity index (χ3n) is 5.17. The molecule has 0 aliphatic carbocycles. The maximum absolute atomic E-state index is 12.0. The van der Waals surface area contributed by atoms with Crippen molar-refractivity contribution in [3.05, 3.63) is 28.7 Å². The molecule has 0 aromatic heterocycles. The number of hydrogen-bond donors (Lipinski definition) is 2. The van der Waals surface area contributed by atoms with Gasteiger partial charge in [-0.25, -0.2) is 4.79 Å². The smallest absolute Gasteiger partial charge is 0.314 e. The van der Waals surface area contributed by atoms with Crippen molar-refractivity contribution in [2.45, 2.75) is 25.7 Å². The first-order chi connectivity index (χ1) is 12.2. The average molecular weight is 409 g/mol. The summed E-state index contributed by atoms with van der Waals surface area (Å²) in [5, 5.41) is 6.03. The molecule has 2 amide bonds. The first-order valence-corrected chi connectivity index (χ1v) is 10.2. The second kappa shape index (κ2) is 9.43. The van der Waals surface area contributed by atoms with Gasteiger partial charge < -0.3 is 20.4 Å². The number of carbonyl (C=O) groups excluding carboxylic acids is 1. The summed E-state index contributed by atoms with van der Waals surface area (Å²) < 4.78 is 1.11. The summed E-state index contributed by atoms with van der Waals surface area (Å²) in [6.45, 7) is 6.87. The number of nitrogens with zero attached hydrogens (tertiary/aromatic N) is 2. The van der Waals surface area contributed by atoms with Gasteiger partial charge in [0.05, 0.1) is 0 Å². The van der Waals surface area contributed by atoms with Gasteiger partial charge in [-0.3, -0.25) is 0 Å². The number of carbonyl (C=O) groups is 1. The normalized spacial score (nSPS) is 21.3. The molecule has 3 rings (SSSR count). The molecule has 1 aromatic carbocycles. The molecule has 0 bridgehead atoms. The van der Waals surface area contributed by atoms with E-state index in [1.807, 2.05) is 6.07 Å². The van der Waals surface area contributed by atoms with Crippen LogP contribution in [0.15, 0.2) is 28.7 Å². The molecule has 2 fully saturated rings. The number of amides is 2. The molecule has 0 saturated carbocycles. The van der Waals surface area contributed by atoms with Gasteiger partial charge in [0.2, 0.25) is 0 Å². The maximum atomic E-state index is 12.0. The highest BCUT2D eigenvalue weighted by atomic mass is 79.9. The van der Waals surface area contributed by atoms with Crippen molar-refractivity contribution in [2.24, 2.45) is 5.92 Å². The number of urea groups is 1. The number of anilines is 1. The largest absolute Gasteiger partial charge is 0.371 e. The molecule has 2 aliphatic rings. The summed E-state index contributed by atoms with van der Waals surface area (Å²) >= 11 is 3.53. The van der Waals surface area contributed by atoms with Crippen molar-refractivity contribution in [1.29, 1.82) is 0 Å². The Hall–Kier alpha value is -1.27. The van der Waals surface area contributed by atoms with E-state index in [4.69, 9.17) is 0 Å². The van der Waals surface area contributed by atoms with E-state index >= 15 is 0 Å². The molecule has 1 atom stereocenters. The standard InChI is InChI=1S/C19H29BrN4O/c20-17-5-4-6-18(13-17)24-11-7-16(15-24)14-22-19(25)21-8-12-23-9-2-1-3-10-23/h4-6,13,16H,1-3,7-12,14-15H2,(H2,21,22,25)/t16-/m0/s1. The summed E-state index contributed by atoms with van der Waals surface area (Å²) in [7, 11) is 0. The molecule has 5 nitrogen and oxygen atoms in total. The quantitative estimate of drug-likeness (QED) is 0.760. The molecule has 2 aliphatic heterocycles. The number of piperidine rings is 1. The lowest BCUT2D eigenvalue weighted by atomic mass is 10.1. The van der Waals surface area contributed by atoms with Crippen molar-refractivity contribution in [3.63, 3.8) is 0 Å². The number of nitrogens with one attached hydrogen (secondary N) is 2. The molecule has 1 aromatic rings. The lowest BCUT2D eigenvalue weighted by Crippen LogP contribution is -2.43. The molecule has 138 valence electrons. The molecule has 0 radical (unpaired) electrons. The molecule has 0 spiro atoms. The van der Waals surface area contributed by atoms with Crippen LogP contribution in [0.3, 0.4) is 0 Å². The van der Waals surface area contributed by atoms with Gasteiger partial charge in [-0.15, -0.1) is 0 Å². The highest BCUT2D eigenvalue weighted by Gasteiger charge is 2.23. The van der Waals surface area contributed by atoms with Gasteiger partial charge in [0, 0.05) is 42.9 Å². The van der Waals surface area contributed by atoms with Crippen LogP contribution >= 0.6 is 15.9 Å². The van der Waals surface area contributed by atoms with E-state index in [0.717, 1.165) is 43.6 Å². The van der Waals surface area contributed by atoms with Crippen LogP contribution in [-0.2, 0) is 0 Å². The first kappa shape index (κ1) is 18.5. The summed E-state index contributed by atoms with van der Waals surface area (Å²) in [6, 6.07) is 8.39. The highest BCUT2D eigenvalue weighted by molar-refractivity contribution is 9.10. The topological polar surface area (TPSA) is 47.6 Å². The van der Waals surface area contributed by atoms with Crippen LogP contribution in [0.5, 0.6) is 0 Å². The predicted octanol–water partition coefficient (Wildman–Crippen LogP) is 3.06. The second-order valence-corrected chi connectivity index (χ2v) is 8.04. The van der Waals surface area contributed by atoms with E-state index in [9.17, 15) is 4.79 Å². The van der Waals surface area contributed by atoms with Crippen molar-refractivity contribution in [1.82, 2.24) is 15.5 Å². The summed E-state index contributed by atoms with van der Waals surface area (Å²) in [5.74, 6) is 0.520. The van der Waals surface area contributed by atoms with Crippen LogP contribution in [0, 0.1) is 5.92 Å². The van der Waals surface area contributed by atoms with Gasteiger partial charge in [0.1, 0.15) is 0 Å². The fourth-order valence-corrected chi connectivity index (χ4v) is 4.10. The molecule has 2 N–H and O–H groups in total. The molecule has 2 heterocycles. The maximum Gasteiger partial charge on any atom is 0.314 e. The summed E-state index contributed by atoms with van der Waals surface area (Å²) in [5.41, 5.74) is 1.25. The first-order valence-electron chi connectivity index (χ1n) is 9.45. The third-order valence-corrected chi connectivity index (χ3v) is 5.67. The van der Waals surface area contributed by atoms with Gasteiger partial charge in [-0.05, 0) is 56.5 Å². The third kappa shape index (κ3) is 5.89. The zero-order valence-electron chi connectivity index (χ0n) is 14.8. The molecule has 25 heavy (non-hydrogen) atoms. The predicted molar refractivity (Wildman–Crippen MR) is 106 cm³/mol. The van der Waals surface area contributed by atoms with Gasteiger partial charge in [0.25, 0.3) is 0 Å². The van der Waals surface area contributed by atoms with E-state index in [1.54, 1.807) is 0 Å². The Bertz CT molecular complexity index is 562. The minimum Gasteiger partial charge on any atom is -0.371 e. The van der Waals surface area contributed by atoms with Crippen LogP contribution in [0.4, 0.5) is 10.5 Å². The summed E-state index contributed by atoms with van der Waals surface area (Å²) in [4.78, 5) is 16.8. The Balaban J connectivity index is 1.31. The Labute approximate surface area is 159 Å². The van der Waals surface area contributed by atoms with Crippen molar-refractivity contribution >= 4 is 27.6 Å². The van der Waals surface area contributed by atoms with Crippen LogP contribution in [0.1, 0.15) is 25.7 Å². The van der Waals surface area contributed by atoms with Crippen LogP contribution < -0.4 is 15.5 Å². The van der Waals surface area contributed by atoms with Gasteiger partial charge in [-0.1, -0.05) is 28.4 Å². The van der Waals surface area contributed by atoms with E-state index in [0.29, 0.717) is 5.92 Å². The average Bonchev–Trinajstić information content (AvgIpc) is 3.10. The zero-order chi connectivity index (χ0) is 17.5. The lowest BCUT2D eigenvalue weighted by Gasteiger charge is -2.26. The Kier molecular flexibility index (Phi) is 6.99. The van der Waals surface area contributed by atoms with E-state index in [1.165, 1.54) is 38.0 Å². The molecular weight excluding hydrogens is 380 g/mol. The Morgan fingerprint density at radius 1 is 1.16 bits per heavy atom. The molecule has 0 unspecified atom stereocenters. The number of rotatable bonds is 6. The summed E-state index contributed by atoms with van der Waals surface area (Å²) in [6.07, 6.45) is 5.06. The SMILES string of the molecule is O=C(NCCN1CCCCC1)NC[C@@H]1CCN(c2cccc(Br)c2)C1. The number of benzene rings is 1. The molecule has 2 saturated heterocycles. The minimum absolute atomic E-state index is 0.0297. The van der Waals surface area contributed by atoms with Gasteiger partial charge in [0.15, 0.2) is 0 Å². The lowest BCUT2D eigenvalue weighted by molar-refractivity contribution is 0.220. The second-order valence-electron chi connectivity index (χ2n) is 7.12. The highest BCUT2D eigenvalue weighted by Crippen LogP contribution is 2.25. The zero-order valence-corrected chi connectivity index (χ0v) is 16.4. The fourth-order valence-electron chi connectivity index (χ4n) is 3.72. The van der Waals surface area contributed by atoms with Crippen molar-refractivity contribution in [3.8, 4) is 0 Å². The number of likely N-dealkylation sites (tertiary alicyclic amines) is 1. The van der Waals surface area contributed by atoms with E-state index in [-0.39, 0.29) is 6.03 Å². The fraction of sp³-hybridized carbons (Fsp3) is 0.632.